The number of hydrogen-bond donors (Lipinski definition) is 0. The number of carbonyl (C=O) groups excluding carboxylic acids is 2. The zero-order valence-corrected chi connectivity index (χ0v) is 22.9. The third-order valence-corrected chi connectivity index (χ3v) is 9.81. The fraction of sp³-hybridized carbons (Fsp3) is 0.800. The molecule has 8 atom stereocenters. The van der Waals surface area contributed by atoms with E-state index in [4.69, 9.17) is 4.74 Å². The van der Waals surface area contributed by atoms with Crippen LogP contribution in [0.1, 0.15) is 111 Å². The number of aromatic nitrogens is 3. The second-order valence-electron chi connectivity index (χ2n) is 13.1. The average molecular weight is 496 g/mol. The summed E-state index contributed by atoms with van der Waals surface area (Å²) >= 11 is 0. The normalized spacial score (nSPS) is 37.8. The van der Waals surface area contributed by atoms with E-state index in [0.717, 1.165) is 49.8 Å². The zero-order chi connectivity index (χ0) is 25.6. The van der Waals surface area contributed by atoms with Crippen molar-refractivity contribution in [3.63, 3.8) is 0 Å². The smallest absolute Gasteiger partial charge is 0.306 e. The van der Waals surface area contributed by atoms with Crippen molar-refractivity contribution in [3.8, 4) is 0 Å². The fourth-order valence-electron chi connectivity index (χ4n) is 7.75. The van der Waals surface area contributed by atoms with Crippen LogP contribution in [0.25, 0.3) is 0 Å². The molecule has 1 aromatic heterocycles. The molecule has 6 heteroatoms. The molecular weight excluding hydrogens is 450 g/mol. The van der Waals surface area contributed by atoms with Crippen molar-refractivity contribution in [1.29, 1.82) is 0 Å². The maximum absolute atomic E-state index is 13.7. The highest BCUT2D eigenvalue weighted by atomic mass is 16.5. The van der Waals surface area contributed by atoms with E-state index in [1.165, 1.54) is 19.3 Å². The first kappa shape index (κ1) is 25.7. The van der Waals surface area contributed by atoms with Crippen molar-refractivity contribution in [2.45, 2.75) is 116 Å². The highest BCUT2D eigenvalue weighted by molar-refractivity contribution is 5.98. The lowest BCUT2D eigenvalue weighted by Gasteiger charge is -2.43. The number of Topliss-reactive ketones (excluding diaryl/α,β-unsaturated/α-hetero) is 1. The quantitative estimate of drug-likeness (QED) is 0.456. The van der Waals surface area contributed by atoms with Crippen LogP contribution in [0.4, 0.5) is 0 Å². The maximum atomic E-state index is 13.7. The Labute approximate surface area is 216 Å². The van der Waals surface area contributed by atoms with Crippen LogP contribution in [-0.2, 0) is 19.7 Å². The van der Waals surface area contributed by atoms with Gasteiger partial charge in [0.1, 0.15) is 6.10 Å². The number of fused-ring (bicyclic) bond motifs is 5. The first-order chi connectivity index (χ1) is 17.2. The van der Waals surface area contributed by atoms with Gasteiger partial charge in [-0.1, -0.05) is 58.7 Å². The monoisotopic (exact) mass is 495 g/mol. The van der Waals surface area contributed by atoms with Gasteiger partial charge in [-0.2, -0.15) is 0 Å². The van der Waals surface area contributed by atoms with E-state index in [2.05, 4.69) is 61.9 Å². The molecule has 2 heterocycles. The fourth-order valence-corrected chi connectivity index (χ4v) is 7.75. The van der Waals surface area contributed by atoms with Crippen LogP contribution in [0.15, 0.2) is 17.8 Å². The summed E-state index contributed by atoms with van der Waals surface area (Å²) in [5.41, 5.74) is 1.92. The number of esters is 1. The second-order valence-corrected chi connectivity index (χ2v) is 13.1. The van der Waals surface area contributed by atoms with Crippen LogP contribution in [-0.4, -0.2) is 32.9 Å². The molecule has 0 N–H and O–H groups in total. The molecule has 198 valence electrons. The van der Waals surface area contributed by atoms with Gasteiger partial charge in [0.05, 0.1) is 18.2 Å². The van der Waals surface area contributed by atoms with Crippen LogP contribution < -0.4 is 0 Å². The predicted octanol–water partition coefficient (Wildman–Crippen LogP) is 6.22. The van der Waals surface area contributed by atoms with Crippen LogP contribution in [0.2, 0.25) is 0 Å². The van der Waals surface area contributed by atoms with Crippen molar-refractivity contribution >= 4 is 11.8 Å². The number of ether oxygens (including phenoxy) is 1. The topological polar surface area (TPSA) is 74.1 Å². The van der Waals surface area contributed by atoms with Crippen LogP contribution >= 0.6 is 0 Å². The van der Waals surface area contributed by atoms with Gasteiger partial charge in [-0.15, -0.1) is 5.10 Å². The largest absolute Gasteiger partial charge is 0.462 e. The summed E-state index contributed by atoms with van der Waals surface area (Å²) in [4.78, 5) is 26.9. The molecule has 0 amide bonds. The number of carbonyl (C=O) groups is 2. The van der Waals surface area contributed by atoms with Gasteiger partial charge in [-0.25, -0.2) is 4.68 Å². The number of allylic oxidation sites excluding steroid dienone is 2. The van der Waals surface area contributed by atoms with Gasteiger partial charge in [0.2, 0.25) is 0 Å². The molecule has 1 saturated heterocycles. The summed E-state index contributed by atoms with van der Waals surface area (Å²) in [6.45, 7) is 10.7. The van der Waals surface area contributed by atoms with Crippen LogP contribution in [0.5, 0.6) is 0 Å². The molecule has 0 radical (unpaired) electrons. The Bertz CT molecular complexity index is 1010. The molecule has 0 spiro atoms. The molecule has 6 nitrogen and oxygen atoms in total. The van der Waals surface area contributed by atoms with Gasteiger partial charge in [0.25, 0.3) is 0 Å². The summed E-state index contributed by atoms with van der Waals surface area (Å²) in [6, 6.07) is 0.281. The van der Waals surface area contributed by atoms with Crippen molar-refractivity contribution in [3.05, 3.63) is 23.5 Å². The van der Waals surface area contributed by atoms with Gasteiger partial charge in [-0.3, -0.25) is 9.59 Å². The standard InChI is InChI=1S/C30H45N3O3/c1-6-19-11-8-7-10-18(2)29(35)25-14-22-20-12-9-13-21(20)26(15-23(22)24(25)16-28(34)36-19)33-17-27(31-32-33)30(3,4)5/h14,17-24,26H,6-13,15-16H2,1-5H3/t18-,19+,20-,21?,22?,23-,24+,26-/m1/s1. The van der Waals surface area contributed by atoms with Crippen molar-refractivity contribution in [2.24, 2.45) is 35.5 Å². The summed E-state index contributed by atoms with van der Waals surface area (Å²) in [5, 5.41) is 9.16. The molecule has 3 aliphatic carbocycles. The first-order valence-electron chi connectivity index (χ1n) is 14.5. The molecule has 0 aromatic carbocycles. The molecule has 36 heavy (non-hydrogen) atoms. The molecule has 4 aliphatic rings. The summed E-state index contributed by atoms with van der Waals surface area (Å²) in [6.07, 6.45) is 14.1. The van der Waals surface area contributed by atoms with Crippen molar-refractivity contribution in [2.75, 3.05) is 0 Å². The molecule has 3 fully saturated rings. The minimum atomic E-state index is -0.125. The SMILES string of the molecule is CC[C@H]1CCCC[C@@H](C)C(=O)C2=CC3[C@@H]4CCCC4[C@H](n4cc(C(C)(C)C)nn4)C[C@H]3[C@@H]2CC(=O)O1. The number of rotatable bonds is 2. The highest BCUT2D eigenvalue weighted by Gasteiger charge is 2.53. The van der Waals surface area contributed by atoms with Gasteiger partial charge >= 0.3 is 5.97 Å². The summed E-state index contributed by atoms with van der Waals surface area (Å²) in [5.74, 6) is 1.92. The highest BCUT2D eigenvalue weighted by Crippen LogP contribution is 2.59. The number of nitrogens with zero attached hydrogens (tertiary/aromatic N) is 3. The Kier molecular flexibility index (Phi) is 7.17. The van der Waals surface area contributed by atoms with Crippen LogP contribution in [0.3, 0.4) is 0 Å². The van der Waals surface area contributed by atoms with E-state index in [9.17, 15) is 9.59 Å². The van der Waals surface area contributed by atoms with E-state index in [1.807, 2.05) is 0 Å². The minimum Gasteiger partial charge on any atom is -0.462 e. The van der Waals surface area contributed by atoms with E-state index in [-0.39, 0.29) is 41.1 Å². The molecule has 2 saturated carbocycles. The maximum Gasteiger partial charge on any atom is 0.306 e. The zero-order valence-electron chi connectivity index (χ0n) is 22.9. The third kappa shape index (κ3) is 4.81. The van der Waals surface area contributed by atoms with Gasteiger partial charge in [0.15, 0.2) is 5.78 Å². The average Bonchev–Trinajstić information content (AvgIpc) is 3.57. The third-order valence-electron chi connectivity index (χ3n) is 9.81. The second kappa shape index (κ2) is 10.1. The van der Waals surface area contributed by atoms with Gasteiger partial charge in [0, 0.05) is 23.4 Å². The Hall–Kier alpha value is -1.98. The number of hydrogen-bond acceptors (Lipinski definition) is 5. The number of cyclic esters (lactones) is 1. The summed E-state index contributed by atoms with van der Waals surface area (Å²) < 4.78 is 8.08. The van der Waals surface area contributed by atoms with Crippen molar-refractivity contribution < 1.29 is 14.3 Å². The predicted molar refractivity (Wildman–Crippen MR) is 139 cm³/mol. The first-order valence-corrected chi connectivity index (χ1v) is 14.5. The lowest BCUT2D eigenvalue weighted by Crippen LogP contribution is -2.39. The molecule has 0 bridgehead atoms. The van der Waals surface area contributed by atoms with Gasteiger partial charge in [-0.05, 0) is 74.2 Å². The van der Waals surface area contributed by atoms with E-state index in [1.54, 1.807) is 0 Å². The summed E-state index contributed by atoms with van der Waals surface area (Å²) in [7, 11) is 0. The lowest BCUT2D eigenvalue weighted by atomic mass is 9.64. The molecular formula is C30H45N3O3. The Morgan fingerprint density at radius 1 is 1.03 bits per heavy atom. The minimum absolute atomic E-state index is 0.00292. The van der Waals surface area contributed by atoms with E-state index < -0.39 is 0 Å². The van der Waals surface area contributed by atoms with Crippen molar-refractivity contribution in [1.82, 2.24) is 15.0 Å². The molecule has 5 rings (SSSR count). The van der Waals surface area contributed by atoms with Gasteiger partial charge < -0.3 is 4.74 Å². The molecule has 1 aliphatic heterocycles. The molecule has 2 unspecified atom stereocenters. The Morgan fingerprint density at radius 2 is 1.78 bits per heavy atom. The van der Waals surface area contributed by atoms with E-state index in [0.29, 0.717) is 30.1 Å². The van der Waals surface area contributed by atoms with E-state index >= 15 is 0 Å². The van der Waals surface area contributed by atoms with Crippen LogP contribution in [0, 0.1) is 35.5 Å². The number of ketones is 1. The lowest BCUT2D eigenvalue weighted by molar-refractivity contribution is -0.151. The Morgan fingerprint density at radius 3 is 2.50 bits per heavy atom. The Balaban J connectivity index is 1.47. The molecule has 1 aromatic rings.